The van der Waals surface area contributed by atoms with Gasteiger partial charge in [0.2, 0.25) is 0 Å². The van der Waals surface area contributed by atoms with Gasteiger partial charge in [0, 0.05) is 18.4 Å². The Morgan fingerprint density at radius 2 is 2.15 bits per heavy atom. The number of aromatic nitrogens is 3. The summed E-state index contributed by atoms with van der Waals surface area (Å²) < 4.78 is 0. The first-order valence-electron chi connectivity index (χ1n) is 7.39. The molecule has 20 heavy (non-hydrogen) atoms. The number of likely N-dealkylation sites (tertiary alicyclic amines) is 1. The van der Waals surface area contributed by atoms with Gasteiger partial charge >= 0.3 is 0 Å². The molecule has 2 aromatic heterocycles. The Hall–Kier alpha value is -1.68. The first-order chi connectivity index (χ1) is 9.74. The number of H-pyrrole nitrogens is 1. The predicted molar refractivity (Wildman–Crippen MR) is 79.3 cm³/mol. The molecular weight excluding hydrogens is 248 g/mol. The molecule has 1 fully saturated rings. The Balaban J connectivity index is 1.79. The highest BCUT2D eigenvalue weighted by Gasteiger charge is 2.26. The van der Waals surface area contributed by atoms with E-state index in [-0.39, 0.29) is 0 Å². The van der Waals surface area contributed by atoms with Gasteiger partial charge in [0.1, 0.15) is 0 Å². The van der Waals surface area contributed by atoms with E-state index in [0.29, 0.717) is 6.04 Å². The lowest BCUT2D eigenvalue weighted by atomic mass is 9.97. The van der Waals surface area contributed by atoms with E-state index in [1.807, 2.05) is 19.3 Å². The summed E-state index contributed by atoms with van der Waals surface area (Å²) in [4.78, 5) is 6.96. The number of nitrogens with zero attached hydrogens (tertiary/aromatic N) is 3. The fourth-order valence-corrected chi connectivity index (χ4v) is 3.03. The van der Waals surface area contributed by atoms with E-state index in [4.69, 9.17) is 0 Å². The van der Waals surface area contributed by atoms with Crippen LogP contribution in [0.2, 0.25) is 0 Å². The topological polar surface area (TPSA) is 44.8 Å². The molecule has 4 nitrogen and oxygen atoms in total. The number of nitrogens with one attached hydrogen (secondary N) is 1. The van der Waals surface area contributed by atoms with E-state index < -0.39 is 0 Å². The van der Waals surface area contributed by atoms with Gasteiger partial charge in [0.25, 0.3) is 0 Å². The number of aryl methyl sites for hydroxylation is 2. The number of aromatic amines is 1. The van der Waals surface area contributed by atoms with Crippen molar-refractivity contribution in [1.82, 2.24) is 20.1 Å². The Bertz CT molecular complexity index is 558. The molecule has 0 aliphatic carbocycles. The van der Waals surface area contributed by atoms with Gasteiger partial charge in [-0.2, -0.15) is 5.10 Å². The second-order valence-corrected chi connectivity index (χ2v) is 5.76. The van der Waals surface area contributed by atoms with Gasteiger partial charge in [0.05, 0.1) is 17.9 Å². The summed E-state index contributed by atoms with van der Waals surface area (Å²) in [6.45, 7) is 6.29. The molecule has 1 aliphatic rings. The number of pyridine rings is 1. The Kier molecular flexibility index (Phi) is 3.83. The van der Waals surface area contributed by atoms with Crippen molar-refractivity contribution in [2.45, 2.75) is 45.7 Å². The number of hydrogen-bond acceptors (Lipinski definition) is 3. The molecule has 1 aliphatic heterocycles. The molecule has 0 saturated carbocycles. The SMILES string of the molecule is Cc1ccc(CN2CCCCC2c2[nH]ncc2C)cn1. The third kappa shape index (κ3) is 2.75. The van der Waals surface area contributed by atoms with E-state index >= 15 is 0 Å². The van der Waals surface area contributed by atoms with Crippen LogP contribution < -0.4 is 0 Å². The van der Waals surface area contributed by atoms with Crippen LogP contribution in [0.4, 0.5) is 0 Å². The van der Waals surface area contributed by atoms with E-state index in [2.05, 4.69) is 39.1 Å². The van der Waals surface area contributed by atoms with Crippen LogP contribution in [0.25, 0.3) is 0 Å². The highest BCUT2D eigenvalue weighted by molar-refractivity contribution is 5.20. The summed E-state index contributed by atoms with van der Waals surface area (Å²) in [5.74, 6) is 0. The molecule has 3 rings (SSSR count). The first-order valence-corrected chi connectivity index (χ1v) is 7.39. The maximum absolute atomic E-state index is 4.40. The molecular formula is C16H22N4. The summed E-state index contributed by atoms with van der Waals surface area (Å²) >= 11 is 0. The normalized spacial score (nSPS) is 20.2. The van der Waals surface area contributed by atoms with Crippen LogP contribution in [0.1, 0.15) is 47.8 Å². The highest BCUT2D eigenvalue weighted by Crippen LogP contribution is 2.32. The zero-order chi connectivity index (χ0) is 13.9. The predicted octanol–water partition coefficient (Wildman–Crippen LogP) is 3.15. The largest absolute Gasteiger partial charge is 0.290 e. The molecule has 1 atom stereocenters. The van der Waals surface area contributed by atoms with E-state index in [1.165, 1.54) is 36.1 Å². The molecule has 3 heterocycles. The van der Waals surface area contributed by atoms with Crippen molar-refractivity contribution in [3.8, 4) is 0 Å². The Morgan fingerprint density at radius 1 is 1.25 bits per heavy atom. The second kappa shape index (κ2) is 5.75. The zero-order valence-corrected chi connectivity index (χ0v) is 12.3. The summed E-state index contributed by atoms with van der Waals surface area (Å²) in [6.07, 6.45) is 7.72. The van der Waals surface area contributed by atoms with Crippen molar-refractivity contribution in [2.75, 3.05) is 6.54 Å². The number of piperidine rings is 1. The average Bonchev–Trinajstić information content (AvgIpc) is 2.88. The molecule has 0 amide bonds. The summed E-state index contributed by atoms with van der Waals surface area (Å²) in [5.41, 5.74) is 4.92. The van der Waals surface area contributed by atoms with Crippen molar-refractivity contribution in [2.24, 2.45) is 0 Å². The van der Waals surface area contributed by atoms with Gasteiger partial charge in [-0.3, -0.25) is 15.0 Å². The minimum absolute atomic E-state index is 0.465. The van der Waals surface area contributed by atoms with Gasteiger partial charge in [-0.1, -0.05) is 12.5 Å². The molecule has 0 radical (unpaired) electrons. The number of hydrogen-bond donors (Lipinski definition) is 1. The quantitative estimate of drug-likeness (QED) is 0.932. The molecule has 0 spiro atoms. The Morgan fingerprint density at radius 3 is 2.85 bits per heavy atom. The van der Waals surface area contributed by atoms with E-state index in [0.717, 1.165) is 18.8 Å². The number of rotatable bonds is 3. The molecule has 1 N–H and O–H groups in total. The van der Waals surface area contributed by atoms with Crippen LogP contribution in [-0.2, 0) is 6.54 Å². The summed E-state index contributed by atoms with van der Waals surface area (Å²) in [6, 6.07) is 4.75. The molecule has 106 valence electrons. The average molecular weight is 270 g/mol. The van der Waals surface area contributed by atoms with Crippen LogP contribution in [0, 0.1) is 13.8 Å². The minimum atomic E-state index is 0.465. The van der Waals surface area contributed by atoms with Gasteiger partial charge in [-0.15, -0.1) is 0 Å². The van der Waals surface area contributed by atoms with Crippen LogP contribution in [0.3, 0.4) is 0 Å². The van der Waals surface area contributed by atoms with Crippen molar-refractivity contribution in [3.05, 3.63) is 47.0 Å². The molecule has 1 unspecified atom stereocenters. The van der Waals surface area contributed by atoms with Crippen LogP contribution >= 0.6 is 0 Å². The Labute approximate surface area is 120 Å². The van der Waals surface area contributed by atoms with Crippen LogP contribution in [-0.4, -0.2) is 26.6 Å². The summed E-state index contributed by atoms with van der Waals surface area (Å²) in [7, 11) is 0. The van der Waals surface area contributed by atoms with Crippen molar-refractivity contribution < 1.29 is 0 Å². The van der Waals surface area contributed by atoms with Crippen molar-refractivity contribution in [3.63, 3.8) is 0 Å². The second-order valence-electron chi connectivity index (χ2n) is 5.76. The van der Waals surface area contributed by atoms with Crippen LogP contribution in [0.5, 0.6) is 0 Å². The molecule has 4 heteroatoms. The minimum Gasteiger partial charge on any atom is -0.290 e. The van der Waals surface area contributed by atoms with Gasteiger partial charge in [0.15, 0.2) is 0 Å². The summed E-state index contributed by atoms with van der Waals surface area (Å²) in [5, 5.41) is 7.38. The fraction of sp³-hybridized carbons (Fsp3) is 0.500. The van der Waals surface area contributed by atoms with Crippen molar-refractivity contribution in [1.29, 1.82) is 0 Å². The third-order valence-corrected chi connectivity index (χ3v) is 4.17. The lowest BCUT2D eigenvalue weighted by molar-refractivity contribution is 0.136. The maximum Gasteiger partial charge on any atom is 0.0553 e. The lowest BCUT2D eigenvalue weighted by Gasteiger charge is -2.35. The first kappa shape index (κ1) is 13.3. The third-order valence-electron chi connectivity index (χ3n) is 4.17. The van der Waals surface area contributed by atoms with E-state index in [1.54, 1.807) is 0 Å². The van der Waals surface area contributed by atoms with Gasteiger partial charge in [-0.05, 0) is 50.4 Å². The van der Waals surface area contributed by atoms with Gasteiger partial charge in [-0.25, -0.2) is 0 Å². The van der Waals surface area contributed by atoms with Gasteiger partial charge < -0.3 is 0 Å². The maximum atomic E-state index is 4.40. The molecule has 0 bridgehead atoms. The fourth-order valence-electron chi connectivity index (χ4n) is 3.03. The zero-order valence-electron chi connectivity index (χ0n) is 12.3. The highest BCUT2D eigenvalue weighted by atomic mass is 15.2. The molecule has 2 aromatic rings. The standard InChI is InChI=1S/C16H22N4/c1-12-9-18-19-16(12)15-5-3-4-8-20(15)11-14-7-6-13(2)17-10-14/h6-7,9-10,15H,3-5,8,11H2,1-2H3,(H,18,19). The molecule has 1 saturated heterocycles. The lowest BCUT2D eigenvalue weighted by Crippen LogP contribution is -2.33. The molecule has 0 aromatic carbocycles. The monoisotopic (exact) mass is 270 g/mol. The van der Waals surface area contributed by atoms with Crippen LogP contribution in [0.15, 0.2) is 24.5 Å². The van der Waals surface area contributed by atoms with E-state index in [9.17, 15) is 0 Å². The smallest absolute Gasteiger partial charge is 0.0553 e. The van der Waals surface area contributed by atoms with Crippen molar-refractivity contribution >= 4 is 0 Å².